The lowest BCUT2D eigenvalue weighted by atomic mass is 9.96. The lowest BCUT2D eigenvalue weighted by molar-refractivity contribution is 0.583. The van der Waals surface area contributed by atoms with E-state index in [4.69, 9.17) is 9.98 Å². The summed E-state index contributed by atoms with van der Waals surface area (Å²) < 4.78 is 10.1. The maximum Gasteiger partial charge on any atom is 0.230 e. The van der Waals surface area contributed by atoms with Crippen molar-refractivity contribution in [1.82, 2.24) is 9.13 Å². The molecule has 3 atom stereocenters. The zero-order chi connectivity index (χ0) is 39.8. The van der Waals surface area contributed by atoms with Crippen LogP contribution < -0.4 is 0 Å². The molecule has 12 aromatic rings. The Hall–Kier alpha value is -6.86. The predicted molar refractivity (Wildman–Crippen MR) is 261 cm³/mol. The zero-order valence-electron chi connectivity index (χ0n) is 33.0. The molecule has 1 fully saturated rings. The molecular formula is C55H36N4S2. The number of aliphatic imine (C=N–C) groups is 2. The highest BCUT2D eigenvalue weighted by atomic mass is 32.1. The molecule has 1 aliphatic heterocycles. The molecule has 0 saturated heterocycles. The molecule has 0 bridgehead atoms. The standard InChI is InChI=1S/C55H36N4S2/c1-2-12-35(13-3-1)58-44-18-8-4-16-40(44)52-46(58)26-27-47-53(52)41-17-5-9-19-45(41)59(47)55-56-43(32-22-24-38-36-14-6-10-20-48(36)60-50(38)30-32)29-34-28-42(34)54(57-55)33-23-25-39-37-15-7-11-21-49(37)61-51(39)31-33/h1-27,30-31,34,42-43H,28-29H2. The van der Waals surface area contributed by atoms with Crippen LogP contribution in [0.4, 0.5) is 0 Å². The van der Waals surface area contributed by atoms with E-state index < -0.39 is 0 Å². The summed E-state index contributed by atoms with van der Waals surface area (Å²) in [5, 5.41) is 10.2. The molecule has 2 aliphatic rings. The van der Waals surface area contributed by atoms with Gasteiger partial charge in [-0.05, 0) is 90.6 Å². The molecule has 5 heterocycles. The van der Waals surface area contributed by atoms with Crippen molar-refractivity contribution in [1.29, 1.82) is 0 Å². The van der Waals surface area contributed by atoms with Crippen molar-refractivity contribution in [3.05, 3.63) is 187 Å². The topological polar surface area (TPSA) is 34.6 Å². The van der Waals surface area contributed by atoms with Crippen LogP contribution in [-0.4, -0.2) is 20.8 Å². The van der Waals surface area contributed by atoms with Gasteiger partial charge in [-0.1, -0.05) is 115 Å². The van der Waals surface area contributed by atoms with Crippen LogP contribution >= 0.6 is 22.7 Å². The molecule has 4 aromatic heterocycles. The van der Waals surface area contributed by atoms with Crippen molar-refractivity contribution in [3.63, 3.8) is 0 Å². The second-order valence-corrected chi connectivity index (χ2v) is 19.0. The minimum absolute atomic E-state index is 0.0325. The van der Waals surface area contributed by atoms with Crippen molar-refractivity contribution in [2.24, 2.45) is 21.8 Å². The number of nitrogens with zero attached hydrogens (tertiary/aromatic N) is 4. The van der Waals surface area contributed by atoms with Gasteiger partial charge in [-0.3, -0.25) is 4.57 Å². The molecule has 14 rings (SSSR count). The van der Waals surface area contributed by atoms with Crippen molar-refractivity contribution in [2.45, 2.75) is 18.9 Å². The van der Waals surface area contributed by atoms with Crippen molar-refractivity contribution in [3.8, 4) is 5.69 Å². The average molecular weight is 817 g/mol. The van der Waals surface area contributed by atoms with E-state index in [0.717, 1.165) is 41.2 Å². The fourth-order valence-corrected chi connectivity index (χ4v) is 12.9. The SMILES string of the molecule is c1ccc(-n2c3ccccc3c3c4c5ccccc5n(C5=NC(c6ccc7c(c6)sc6ccccc67)CC6CC6C(c6ccc7c(c6)sc6ccccc67)=N5)c4ccc32)cc1. The smallest absolute Gasteiger partial charge is 0.230 e. The minimum Gasteiger partial charge on any atom is -0.309 e. The third kappa shape index (κ3) is 5.03. The van der Waals surface area contributed by atoms with E-state index in [2.05, 4.69) is 185 Å². The van der Waals surface area contributed by atoms with Crippen LogP contribution in [-0.2, 0) is 0 Å². The van der Waals surface area contributed by atoms with Gasteiger partial charge in [-0.15, -0.1) is 22.7 Å². The lowest BCUT2D eigenvalue weighted by Gasteiger charge is -2.20. The van der Waals surface area contributed by atoms with Gasteiger partial charge in [0.15, 0.2) is 0 Å². The second kappa shape index (κ2) is 12.8. The van der Waals surface area contributed by atoms with Gasteiger partial charge in [-0.2, -0.15) is 0 Å². The highest BCUT2D eigenvalue weighted by molar-refractivity contribution is 7.26. The first-order chi connectivity index (χ1) is 30.2. The summed E-state index contributed by atoms with van der Waals surface area (Å²) >= 11 is 3.76. The Balaban J connectivity index is 1.04. The van der Waals surface area contributed by atoms with Gasteiger partial charge in [0, 0.05) is 73.5 Å². The molecule has 8 aromatic carbocycles. The molecular weight excluding hydrogens is 781 g/mol. The number of thiophene rings is 2. The van der Waals surface area contributed by atoms with Crippen LogP contribution in [0.3, 0.4) is 0 Å². The van der Waals surface area contributed by atoms with E-state index in [1.165, 1.54) is 84.0 Å². The Bertz CT molecular complexity index is 3860. The summed E-state index contributed by atoms with van der Waals surface area (Å²) in [6.07, 6.45) is 2.11. The fourth-order valence-electron chi connectivity index (χ4n) is 10.6. The van der Waals surface area contributed by atoms with E-state index in [-0.39, 0.29) is 6.04 Å². The van der Waals surface area contributed by atoms with Crippen molar-refractivity contribution >= 4 is 118 Å². The largest absolute Gasteiger partial charge is 0.309 e. The summed E-state index contributed by atoms with van der Waals surface area (Å²) in [5.74, 6) is 1.65. The van der Waals surface area contributed by atoms with Crippen molar-refractivity contribution < 1.29 is 0 Å². The van der Waals surface area contributed by atoms with E-state index >= 15 is 0 Å². The molecule has 1 aliphatic carbocycles. The molecule has 0 amide bonds. The molecule has 0 N–H and O–H groups in total. The Labute approximate surface area is 359 Å². The van der Waals surface area contributed by atoms with Gasteiger partial charge in [-0.25, -0.2) is 9.98 Å². The highest BCUT2D eigenvalue weighted by Gasteiger charge is 2.44. The molecule has 0 spiro atoms. The number of fused-ring (bicyclic) bond motifs is 14. The normalized spacial score (nSPS) is 18.1. The van der Waals surface area contributed by atoms with Gasteiger partial charge in [0.25, 0.3) is 0 Å². The summed E-state index contributed by atoms with van der Waals surface area (Å²) in [6, 6.07) is 64.7. The molecule has 6 heteroatoms. The first-order valence-corrected chi connectivity index (χ1v) is 22.9. The highest BCUT2D eigenvalue weighted by Crippen LogP contribution is 2.50. The number of hydrogen-bond donors (Lipinski definition) is 0. The van der Waals surface area contributed by atoms with Crippen LogP contribution in [0.5, 0.6) is 0 Å². The quantitative estimate of drug-likeness (QED) is 0.170. The first kappa shape index (κ1) is 33.9. The summed E-state index contributed by atoms with van der Waals surface area (Å²) in [6.45, 7) is 0. The monoisotopic (exact) mass is 816 g/mol. The van der Waals surface area contributed by atoms with Gasteiger partial charge < -0.3 is 4.57 Å². The summed E-state index contributed by atoms with van der Waals surface area (Å²) in [7, 11) is 0. The second-order valence-electron chi connectivity index (χ2n) is 16.8. The van der Waals surface area contributed by atoms with Crippen LogP contribution in [0.15, 0.2) is 186 Å². The number of para-hydroxylation sites is 3. The average Bonchev–Trinajstić information content (AvgIpc) is 3.57. The zero-order valence-corrected chi connectivity index (χ0v) is 34.6. The van der Waals surface area contributed by atoms with Gasteiger partial charge in [0.2, 0.25) is 5.96 Å². The predicted octanol–water partition coefficient (Wildman–Crippen LogP) is 15.1. The minimum atomic E-state index is -0.0325. The third-order valence-corrected chi connectivity index (χ3v) is 15.7. The van der Waals surface area contributed by atoms with Crippen LogP contribution in [0.25, 0.3) is 89.6 Å². The molecule has 61 heavy (non-hydrogen) atoms. The number of benzene rings is 8. The van der Waals surface area contributed by atoms with Crippen LogP contribution in [0.1, 0.15) is 30.0 Å². The van der Waals surface area contributed by atoms with Gasteiger partial charge in [0.05, 0.1) is 33.8 Å². The summed E-state index contributed by atoms with van der Waals surface area (Å²) in [4.78, 5) is 11.7. The Morgan fingerprint density at radius 3 is 1.70 bits per heavy atom. The summed E-state index contributed by atoms with van der Waals surface area (Å²) in [5.41, 5.74) is 9.43. The number of aromatic nitrogens is 2. The Morgan fingerprint density at radius 1 is 0.443 bits per heavy atom. The van der Waals surface area contributed by atoms with E-state index in [9.17, 15) is 0 Å². The van der Waals surface area contributed by atoms with E-state index in [0.29, 0.717) is 11.8 Å². The molecule has 4 nitrogen and oxygen atoms in total. The molecule has 288 valence electrons. The molecule has 1 saturated carbocycles. The van der Waals surface area contributed by atoms with Gasteiger partial charge in [0.1, 0.15) is 0 Å². The van der Waals surface area contributed by atoms with E-state index in [1.54, 1.807) is 0 Å². The maximum atomic E-state index is 5.85. The Kier molecular flexibility index (Phi) is 7.13. The third-order valence-electron chi connectivity index (χ3n) is 13.4. The van der Waals surface area contributed by atoms with Crippen LogP contribution in [0, 0.1) is 11.8 Å². The van der Waals surface area contributed by atoms with E-state index in [1.807, 2.05) is 22.7 Å². The molecule has 3 unspecified atom stereocenters. The number of hydrogen-bond acceptors (Lipinski definition) is 4. The van der Waals surface area contributed by atoms with Crippen LogP contribution in [0.2, 0.25) is 0 Å². The molecule has 0 radical (unpaired) electrons. The maximum absolute atomic E-state index is 5.85. The Morgan fingerprint density at radius 2 is 1.00 bits per heavy atom. The number of rotatable bonds is 3. The first-order valence-electron chi connectivity index (χ1n) is 21.2. The van der Waals surface area contributed by atoms with Crippen molar-refractivity contribution in [2.75, 3.05) is 0 Å². The fraction of sp³-hybridized carbons (Fsp3) is 0.0909. The van der Waals surface area contributed by atoms with Gasteiger partial charge >= 0.3 is 0 Å². The lowest BCUT2D eigenvalue weighted by Crippen LogP contribution is -2.19.